The highest BCUT2D eigenvalue weighted by atomic mass is 16.3. The fraction of sp³-hybridized carbons (Fsp3) is 0.213. The number of hydrogen-bond acceptors (Lipinski definition) is 5. The van der Waals surface area contributed by atoms with Gasteiger partial charge in [-0.15, -0.1) is 0 Å². The normalized spacial score (nSPS) is 19.6. The van der Waals surface area contributed by atoms with Crippen LogP contribution in [0, 0.1) is 6.92 Å². The van der Waals surface area contributed by atoms with Crippen LogP contribution in [0.5, 0.6) is 0 Å². The van der Waals surface area contributed by atoms with Crippen LogP contribution in [0.15, 0.2) is 167 Å². The van der Waals surface area contributed by atoms with E-state index in [0.717, 1.165) is 61.7 Å². The molecule has 6 heteroatoms. The van der Waals surface area contributed by atoms with Gasteiger partial charge in [0, 0.05) is 66.8 Å². The van der Waals surface area contributed by atoms with Crippen molar-refractivity contribution in [2.75, 3.05) is 14.7 Å². The number of fused-ring (bicyclic) bond motifs is 13. The van der Waals surface area contributed by atoms with Gasteiger partial charge in [-0.1, -0.05) is 125 Å². The van der Waals surface area contributed by atoms with Gasteiger partial charge in [0.05, 0.1) is 11.2 Å². The van der Waals surface area contributed by atoms with Crippen LogP contribution in [0.4, 0.5) is 45.5 Å². The Labute approximate surface area is 392 Å². The second-order valence-electron chi connectivity index (χ2n) is 21.3. The summed E-state index contributed by atoms with van der Waals surface area (Å²) in [5, 5.41) is 4.49. The Kier molecular flexibility index (Phi) is 7.85. The minimum Gasteiger partial charge on any atom is -0.456 e. The Balaban J connectivity index is 1.07. The minimum atomic E-state index is -0.0793. The first-order valence-corrected chi connectivity index (χ1v) is 24.2. The topological polar surface area (TPSA) is 36.0 Å². The highest BCUT2D eigenvalue weighted by Crippen LogP contribution is 2.61. The Bertz CT molecular complexity index is 3740. The molecule has 14 rings (SSSR count). The van der Waals surface area contributed by atoms with E-state index in [4.69, 9.17) is 8.83 Å². The Morgan fingerprint density at radius 2 is 1.18 bits per heavy atom. The molecule has 2 aromatic heterocycles. The molecule has 0 radical (unpaired) electrons. The molecule has 0 amide bonds. The summed E-state index contributed by atoms with van der Waals surface area (Å²) in [6, 6.07) is 59.1. The van der Waals surface area contributed by atoms with Crippen LogP contribution in [-0.2, 0) is 10.8 Å². The fourth-order valence-electron chi connectivity index (χ4n) is 13.1. The van der Waals surface area contributed by atoms with Crippen LogP contribution in [0.25, 0.3) is 43.9 Å². The van der Waals surface area contributed by atoms with Gasteiger partial charge < -0.3 is 23.5 Å². The summed E-state index contributed by atoms with van der Waals surface area (Å²) in [7, 11) is 0. The number of furan rings is 2. The monoisotopic (exact) mass is 869 g/mol. The molecule has 5 nitrogen and oxygen atoms in total. The highest BCUT2D eigenvalue weighted by molar-refractivity contribution is 7.00. The molecular weight excluding hydrogens is 818 g/mol. The lowest BCUT2D eigenvalue weighted by Crippen LogP contribution is -2.61. The van der Waals surface area contributed by atoms with E-state index in [1.54, 1.807) is 0 Å². The summed E-state index contributed by atoms with van der Waals surface area (Å²) in [5.41, 5.74) is 20.9. The van der Waals surface area contributed by atoms with Gasteiger partial charge in [-0.05, 0) is 138 Å². The van der Waals surface area contributed by atoms with Crippen LogP contribution in [-0.4, -0.2) is 12.3 Å². The predicted octanol–water partition coefficient (Wildman–Crippen LogP) is 14.9. The van der Waals surface area contributed by atoms with Crippen molar-refractivity contribution in [3.05, 3.63) is 174 Å². The zero-order valence-corrected chi connectivity index (χ0v) is 39.1. The zero-order valence-electron chi connectivity index (χ0n) is 39.1. The average molecular weight is 870 g/mol. The van der Waals surface area contributed by atoms with Crippen LogP contribution < -0.4 is 31.1 Å². The number of aryl methyl sites for hydroxylation is 1. The van der Waals surface area contributed by atoms with Crippen LogP contribution >= 0.6 is 0 Å². The summed E-state index contributed by atoms with van der Waals surface area (Å²) in [4.78, 5) is 7.80. The largest absolute Gasteiger partial charge is 0.456 e. The second kappa shape index (κ2) is 13.5. The maximum absolute atomic E-state index is 6.97. The van der Waals surface area contributed by atoms with Gasteiger partial charge in [0.2, 0.25) is 0 Å². The Morgan fingerprint density at radius 3 is 2.00 bits per heavy atom. The number of rotatable bonds is 3. The van der Waals surface area contributed by atoms with E-state index in [-0.39, 0.29) is 23.1 Å². The summed E-state index contributed by atoms with van der Waals surface area (Å²) >= 11 is 0. The minimum absolute atomic E-state index is 0.0331. The van der Waals surface area contributed by atoms with E-state index in [2.05, 4.69) is 208 Å². The van der Waals surface area contributed by atoms with Crippen molar-refractivity contribution < 1.29 is 8.83 Å². The molecule has 1 aliphatic carbocycles. The van der Waals surface area contributed by atoms with Crippen molar-refractivity contribution in [2.45, 2.75) is 83.6 Å². The van der Waals surface area contributed by atoms with Crippen molar-refractivity contribution in [3.8, 4) is 0 Å². The Hall–Kier alpha value is -7.18. The van der Waals surface area contributed by atoms with Crippen LogP contribution in [0.2, 0.25) is 0 Å². The van der Waals surface area contributed by atoms with Gasteiger partial charge in [0.1, 0.15) is 16.7 Å². The standard InChI is InChI=1S/C61H52BN3O2/c1-37-32-52-57-53(33-37)64(50-21-15-18-43-41-16-7-12-23-55(41)67-58(43)50)51-36-40(65-48-20-10-9-19-45(48)60(5)30-13-14-31-61(60,65)6)25-27-46(51)62(57)47-34-38(59(2,3)4)24-28-49(47)63(52)39-26-29-56-44(35-39)42-17-8-11-22-54(42)66-56/h7-12,15-29,32-36H,13-14,30-31H2,1-6H3. The van der Waals surface area contributed by atoms with E-state index in [9.17, 15) is 0 Å². The second-order valence-corrected chi connectivity index (χ2v) is 21.3. The first-order chi connectivity index (χ1) is 32.5. The first-order valence-electron chi connectivity index (χ1n) is 24.2. The van der Waals surface area contributed by atoms with Gasteiger partial charge in [0.15, 0.2) is 5.58 Å². The third-order valence-corrected chi connectivity index (χ3v) is 16.6. The SMILES string of the molecule is Cc1cc2c3c(c1)N(c1cccc4c1oc1ccccc14)c1cc(N4c5ccccc5C5(C)CCCCC45C)ccc1B3c1cc(C(C)(C)C)ccc1N2c1ccc2oc3ccccc3c2c1. The molecule has 8 aromatic carbocycles. The molecule has 326 valence electrons. The van der Waals surface area contributed by atoms with Gasteiger partial charge >= 0.3 is 0 Å². The lowest BCUT2D eigenvalue weighted by Gasteiger charge is -2.50. The third-order valence-electron chi connectivity index (χ3n) is 16.6. The van der Waals surface area contributed by atoms with Crippen molar-refractivity contribution in [3.63, 3.8) is 0 Å². The fourth-order valence-corrected chi connectivity index (χ4v) is 13.1. The van der Waals surface area contributed by atoms with E-state index >= 15 is 0 Å². The van der Waals surface area contributed by atoms with E-state index in [0.29, 0.717) is 0 Å². The lowest BCUT2D eigenvalue weighted by molar-refractivity contribution is 0.195. The molecule has 2 atom stereocenters. The van der Waals surface area contributed by atoms with Crippen LogP contribution in [0.3, 0.4) is 0 Å². The maximum atomic E-state index is 6.97. The summed E-state index contributed by atoms with van der Waals surface area (Å²) in [6.07, 6.45) is 4.82. The molecule has 0 saturated heterocycles. The number of hydrogen-bond donors (Lipinski definition) is 0. The predicted molar refractivity (Wildman–Crippen MR) is 281 cm³/mol. The summed E-state index contributed by atoms with van der Waals surface area (Å²) < 4.78 is 13.4. The van der Waals surface area contributed by atoms with E-state index in [1.165, 1.54) is 86.5 Å². The highest BCUT2D eigenvalue weighted by Gasteiger charge is 2.58. The maximum Gasteiger partial charge on any atom is 0.252 e. The molecule has 4 aliphatic rings. The first kappa shape index (κ1) is 39.0. The molecule has 1 fully saturated rings. The molecule has 0 bridgehead atoms. The third kappa shape index (κ3) is 5.22. The van der Waals surface area contributed by atoms with Crippen molar-refractivity contribution >= 4 is 112 Å². The number of para-hydroxylation sites is 4. The number of benzene rings is 8. The molecule has 67 heavy (non-hydrogen) atoms. The molecule has 3 aliphatic heterocycles. The molecule has 10 aromatic rings. The summed E-state index contributed by atoms with van der Waals surface area (Å²) in [6.45, 7) is 14.3. The van der Waals surface area contributed by atoms with Gasteiger partial charge in [0.25, 0.3) is 6.71 Å². The van der Waals surface area contributed by atoms with Gasteiger partial charge in [-0.3, -0.25) is 0 Å². The average Bonchev–Trinajstić information content (AvgIpc) is 3.97. The lowest BCUT2D eigenvalue weighted by atomic mass is 9.33. The van der Waals surface area contributed by atoms with Crippen molar-refractivity contribution in [2.24, 2.45) is 0 Å². The Morgan fingerprint density at radius 1 is 0.507 bits per heavy atom. The quantitative estimate of drug-likeness (QED) is 0.165. The zero-order chi connectivity index (χ0) is 45.1. The molecular formula is C61H52BN3O2. The van der Waals surface area contributed by atoms with Crippen LogP contribution in [0.1, 0.15) is 77.0 Å². The molecule has 0 N–H and O–H groups in total. The molecule has 0 spiro atoms. The number of anilines is 8. The van der Waals surface area contributed by atoms with Gasteiger partial charge in [-0.25, -0.2) is 0 Å². The van der Waals surface area contributed by atoms with Crippen molar-refractivity contribution in [1.29, 1.82) is 0 Å². The van der Waals surface area contributed by atoms with Crippen molar-refractivity contribution in [1.82, 2.24) is 0 Å². The molecule has 2 unspecified atom stereocenters. The van der Waals surface area contributed by atoms with Gasteiger partial charge in [-0.2, -0.15) is 0 Å². The molecule has 1 saturated carbocycles. The smallest absolute Gasteiger partial charge is 0.252 e. The number of nitrogens with zero attached hydrogens (tertiary/aromatic N) is 3. The summed E-state index contributed by atoms with van der Waals surface area (Å²) in [5.74, 6) is 0. The molecule has 5 heterocycles. The van der Waals surface area contributed by atoms with E-state index < -0.39 is 0 Å². The van der Waals surface area contributed by atoms with E-state index in [1.807, 2.05) is 6.07 Å².